The number of nitrogens with zero attached hydrogens (tertiary/aromatic N) is 1. The fourth-order valence-electron chi connectivity index (χ4n) is 3.33. The number of methoxy groups -OCH3 is 2. The molecule has 6 heteroatoms. The number of fused-ring (bicyclic) bond motifs is 2. The number of hydrogen-bond donors (Lipinski definition) is 2. The van der Waals surface area contributed by atoms with Crippen LogP contribution < -0.4 is 20.3 Å². The molecule has 0 saturated carbocycles. The molecule has 4 rings (SSSR count). The van der Waals surface area contributed by atoms with E-state index in [1.165, 1.54) is 11.1 Å². The Morgan fingerprint density at radius 2 is 1.76 bits per heavy atom. The van der Waals surface area contributed by atoms with Gasteiger partial charge in [0, 0.05) is 17.5 Å². The SMILES string of the molecule is COc1cc2c(-c3ccc4c(c3)CCNC4)n[nH]c(=O)c2cc1OC. The highest BCUT2D eigenvalue weighted by Crippen LogP contribution is 2.35. The van der Waals surface area contributed by atoms with Crippen molar-refractivity contribution in [2.24, 2.45) is 0 Å². The number of hydrogen-bond acceptors (Lipinski definition) is 5. The molecule has 0 atom stereocenters. The lowest BCUT2D eigenvalue weighted by atomic mass is 9.96. The highest BCUT2D eigenvalue weighted by atomic mass is 16.5. The number of H-pyrrole nitrogens is 1. The van der Waals surface area contributed by atoms with Gasteiger partial charge in [-0.15, -0.1) is 0 Å². The number of benzene rings is 2. The van der Waals surface area contributed by atoms with Crippen molar-refractivity contribution in [3.8, 4) is 22.8 Å². The number of aromatic nitrogens is 2. The molecule has 1 aromatic heterocycles. The Morgan fingerprint density at radius 3 is 2.52 bits per heavy atom. The van der Waals surface area contributed by atoms with Crippen LogP contribution in [0.5, 0.6) is 11.5 Å². The van der Waals surface area contributed by atoms with Crippen molar-refractivity contribution in [3.63, 3.8) is 0 Å². The van der Waals surface area contributed by atoms with Crippen molar-refractivity contribution in [3.05, 3.63) is 51.8 Å². The average Bonchev–Trinajstić information content (AvgIpc) is 2.67. The maximum Gasteiger partial charge on any atom is 0.272 e. The summed E-state index contributed by atoms with van der Waals surface area (Å²) in [6.45, 7) is 1.86. The average molecular weight is 337 g/mol. The summed E-state index contributed by atoms with van der Waals surface area (Å²) in [6, 6.07) is 9.83. The lowest BCUT2D eigenvalue weighted by molar-refractivity contribution is 0.356. The molecule has 25 heavy (non-hydrogen) atoms. The lowest BCUT2D eigenvalue weighted by Crippen LogP contribution is -2.23. The van der Waals surface area contributed by atoms with Gasteiger partial charge in [0.2, 0.25) is 0 Å². The molecule has 0 saturated heterocycles. The zero-order chi connectivity index (χ0) is 17.4. The molecule has 2 heterocycles. The van der Waals surface area contributed by atoms with E-state index in [1.54, 1.807) is 20.3 Å². The molecule has 2 N–H and O–H groups in total. The smallest absolute Gasteiger partial charge is 0.272 e. The number of rotatable bonds is 3. The molecule has 0 radical (unpaired) electrons. The largest absolute Gasteiger partial charge is 0.493 e. The van der Waals surface area contributed by atoms with Gasteiger partial charge in [-0.25, -0.2) is 5.10 Å². The molecule has 0 fully saturated rings. The predicted molar refractivity (Wildman–Crippen MR) is 96.3 cm³/mol. The Labute approximate surface area is 144 Å². The molecule has 0 unspecified atom stereocenters. The first kappa shape index (κ1) is 15.7. The Morgan fingerprint density at radius 1 is 1.00 bits per heavy atom. The van der Waals surface area contributed by atoms with Crippen LogP contribution in [0.2, 0.25) is 0 Å². The van der Waals surface area contributed by atoms with Crippen LogP contribution in [-0.4, -0.2) is 31.0 Å². The van der Waals surface area contributed by atoms with Crippen LogP contribution in [0.4, 0.5) is 0 Å². The summed E-state index contributed by atoms with van der Waals surface area (Å²) < 4.78 is 10.7. The Balaban J connectivity index is 1.96. The molecule has 1 aliphatic heterocycles. The molecular formula is C19H19N3O3. The van der Waals surface area contributed by atoms with Gasteiger partial charge in [-0.3, -0.25) is 4.79 Å². The first-order chi connectivity index (χ1) is 12.2. The zero-order valence-corrected chi connectivity index (χ0v) is 14.2. The predicted octanol–water partition coefficient (Wildman–Crippen LogP) is 2.25. The summed E-state index contributed by atoms with van der Waals surface area (Å²) in [5.74, 6) is 1.10. The van der Waals surface area contributed by atoms with E-state index in [2.05, 4.69) is 27.6 Å². The van der Waals surface area contributed by atoms with Gasteiger partial charge in [0.15, 0.2) is 11.5 Å². The summed E-state index contributed by atoms with van der Waals surface area (Å²) in [6.07, 6.45) is 0.988. The minimum atomic E-state index is -0.248. The van der Waals surface area contributed by atoms with Gasteiger partial charge in [0.1, 0.15) is 0 Å². The summed E-state index contributed by atoms with van der Waals surface area (Å²) >= 11 is 0. The Bertz CT molecular complexity index is 1010. The molecule has 0 amide bonds. The third kappa shape index (κ3) is 2.64. The first-order valence-electron chi connectivity index (χ1n) is 8.18. The van der Waals surface area contributed by atoms with E-state index in [9.17, 15) is 4.79 Å². The van der Waals surface area contributed by atoms with Crippen LogP contribution in [0.15, 0.2) is 35.1 Å². The van der Waals surface area contributed by atoms with Crippen LogP contribution in [0.1, 0.15) is 11.1 Å². The van der Waals surface area contributed by atoms with Crippen molar-refractivity contribution in [1.29, 1.82) is 0 Å². The first-order valence-corrected chi connectivity index (χ1v) is 8.18. The zero-order valence-electron chi connectivity index (χ0n) is 14.2. The number of nitrogens with one attached hydrogen (secondary N) is 2. The summed E-state index contributed by atoms with van der Waals surface area (Å²) in [5, 5.41) is 11.5. The minimum absolute atomic E-state index is 0.248. The fraction of sp³-hybridized carbons (Fsp3) is 0.263. The fourth-order valence-corrected chi connectivity index (χ4v) is 3.33. The normalized spacial score (nSPS) is 13.5. The van der Waals surface area contributed by atoms with E-state index < -0.39 is 0 Å². The molecule has 2 aromatic carbocycles. The van der Waals surface area contributed by atoms with E-state index >= 15 is 0 Å². The van der Waals surface area contributed by atoms with Gasteiger partial charge in [-0.2, -0.15) is 5.10 Å². The highest BCUT2D eigenvalue weighted by molar-refractivity contribution is 5.96. The van der Waals surface area contributed by atoms with Crippen LogP contribution >= 0.6 is 0 Å². The van der Waals surface area contributed by atoms with Crippen LogP contribution in [0.3, 0.4) is 0 Å². The second kappa shape index (κ2) is 6.22. The highest BCUT2D eigenvalue weighted by Gasteiger charge is 2.16. The number of aromatic amines is 1. The van der Waals surface area contributed by atoms with E-state index in [0.29, 0.717) is 16.9 Å². The van der Waals surface area contributed by atoms with Gasteiger partial charge in [0.05, 0.1) is 25.3 Å². The maximum absolute atomic E-state index is 12.2. The minimum Gasteiger partial charge on any atom is -0.493 e. The summed E-state index contributed by atoms with van der Waals surface area (Å²) in [7, 11) is 3.13. The van der Waals surface area contributed by atoms with E-state index in [-0.39, 0.29) is 5.56 Å². The topological polar surface area (TPSA) is 76.2 Å². The summed E-state index contributed by atoms with van der Waals surface area (Å²) in [5.41, 5.74) is 4.09. The standard InChI is InChI=1S/C19H19N3O3/c1-24-16-8-14-15(9-17(16)25-2)19(23)22-21-18(14)12-3-4-13-10-20-6-5-11(13)7-12/h3-4,7-9,20H,5-6,10H2,1-2H3,(H,22,23). The van der Waals surface area contributed by atoms with Gasteiger partial charge < -0.3 is 14.8 Å². The Hall–Kier alpha value is -2.86. The van der Waals surface area contributed by atoms with Crippen molar-refractivity contribution in [2.75, 3.05) is 20.8 Å². The van der Waals surface area contributed by atoms with E-state index in [0.717, 1.165) is 36.2 Å². The molecule has 0 aliphatic carbocycles. The Kier molecular flexibility index (Phi) is 3.89. The second-order valence-electron chi connectivity index (χ2n) is 6.06. The van der Waals surface area contributed by atoms with Gasteiger partial charge in [0.25, 0.3) is 5.56 Å². The van der Waals surface area contributed by atoms with Crippen LogP contribution in [0, 0.1) is 0 Å². The van der Waals surface area contributed by atoms with Gasteiger partial charge in [-0.1, -0.05) is 12.1 Å². The lowest BCUT2D eigenvalue weighted by Gasteiger charge is -2.18. The molecule has 6 nitrogen and oxygen atoms in total. The van der Waals surface area contributed by atoms with Crippen molar-refractivity contribution < 1.29 is 9.47 Å². The van der Waals surface area contributed by atoms with Crippen LogP contribution in [-0.2, 0) is 13.0 Å². The molecule has 3 aromatic rings. The quantitative estimate of drug-likeness (QED) is 0.767. The van der Waals surface area contributed by atoms with Gasteiger partial charge >= 0.3 is 0 Å². The maximum atomic E-state index is 12.2. The second-order valence-corrected chi connectivity index (χ2v) is 6.06. The third-order valence-corrected chi connectivity index (χ3v) is 4.66. The van der Waals surface area contributed by atoms with Crippen molar-refractivity contribution in [2.45, 2.75) is 13.0 Å². The molecule has 0 spiro atoms. The third-order valence-electron chi connectivity index (χ3n) is 4.66. The molecular weight excluding hydrogens is 318 g/mol. The number of ether oxygens (including phenoxy) is 2. The van der Waals surface area contributed by atoms with Crippen molar-refractivity contribution >= 4 is 10.8 Å². The molecule has 1 aliphatic rings. The summed E-state index contributed by atoms with van der Waals surface area (Å²) in [4.78, 5) is 12.2. The van der Waals surface area contributed by atoms with Crippen molar-refractivity contribution in [1.82, 2.24) is 15.5 Å². The molecule has 128 valence electrons. The van der Waals surface area contributed by atoms with E-state index in [1.807, 2.05) is 12.1 Å². The monoisotopic (exact) mass is 337 g/mol. The van der Waals surface area contributed by atoms with E-state index in [4.69, 9.17) is 9.47 Å². The van der Waals surface area contributed by atoms with Crippen LogP contribution in [0.25, 0.3) is 22.0 Å². The van der Waals surface area contributed by atoms with Gasteiger partial charge in [-0.05, 0) is 42.3 Å². The molecule has 0 bridgehead atoms.